The third-order valence-electron chi connectivity index (χ3n) is 5.05. The molecule has 4 rings (SSSR count). The quantitative estimate of drug-likeness (QED) is 0.590. The Kier molecular flexibility index (Phi) is 6.06. The van der Waals surface area contributed by atoms with E-state index in [-0.39, 0.29) is 17.8 Å². The second-order valence-corrected chi connectivity index (χ2v) is 7.90. The van der Waals surface area contributed by atoms with Crippen molar-refractivity contribution in [2.75, 3.05) is 25.4 Å². The fraction of sp³-hybridized carbons (Fsp3) is 0.318. The van der Waals surface area contributed by atoms with E-state index in [1.54, 1.807) is 12.1 Å². The van der Waals surface area contributed by atoms with Gasteiger partial charge >= 0.3 is 0 Å². The summed E-state index contributed by atoms with van der Waals surface area (Å²) in [6.45, 7) is 3.93. The first-order chi connectivity index (χ1) is 14.2. The number of halogens is 1. The molecule has 0 saturated carbocycles. The Hall–Kier alpha value is -2.51. The number of fused-ring (bicyclic) bond motifs is 1. The molecule has 1 aromatic heterocycles. The minimum atomic E-state index is -0.287. The number of carbonyl (C=O) groups excluding carboxylic acids is 1. The molecule has 150 valence electrons. The minimum absolute atomic E-state index is 0.0882. The number of rotatable bonds is 5. The highest BCUT2D eigenvalue weighted by Crippen LogP contribution is 2.32. The van der Waals surface area contributed by atoms with E-state index in [2.05, 4.69) is 17.1 Å². The first-order valence-corrected chi connectivity index (χ1v) is 10.7. The molecule has 1 aliphatic rings. The maximum Gasteiger partial charge on any atom is 0.233 e. The van der Waals surface area contributed by atoms with Gasteiger partial charge in [0.1, 0.15) is 16.5 Å². The van der Waals surface area contributed by atoms with Crippen molar-refractivity contribution in [3.63, 3.8) is 0 Å². The van der Waals surface area contributed by atoms with Crippen molar-refractivity contribution < 1.29 is 13.9 Å². The molecule has 1 saturated heterocycles. The van der Waals surface area contributed by atoms with E-state index in [4.69, 9.17) is 4.74 Å². The number of morpholine rings is 1. The van der Waals surface area contributed by atoms with Crippen LogP contribution < -0.4 is 0 Å². The molecule has 29 heavy (non-hydrogen) atoms. The van der Waals surface area contributed by atoms with Crippen LogP contribution in [0, 0.1) is 5.82 Å². The highest BCUT2D eigenvalue weighted by Gasteiger charge is 2.23. The Balaban J connectivity index is 1.55. The molecule has 0 spiro atoms. The normalized spacial score (nSPS) is 16.9. The molecule has 1 atom stereocenters. The van der Waals surface area contributed by atoms with E-state index in [1.165, 1.54) is 23.9 Å². The summed E-state index contributed by atoms with van der Waals surface area (Å²) in [7, 11) is 0. The maximum absolute atomic E-state index is 13.3. The van der Waals surface area contributed by atoms with Gasteiger partial charge in [-0.3, -0.25) is 4.79 Å². The monoisotopic (exact) mass is 411 g/mol. The SMILES string of the molecule is CCC1CN(C(=O)CSc2nnc(-c3ccc(F)cc3)c3ccccc23)CCO1. The van der Waals surface area contributed by atoms with E-state index in [0.717, 1.165) is 27.8 Å². The lowest BCUT2D eigenvalue weighted by Gasteiger charge is -2.32. The molecule has 0 bridgehead atoms. The highest BCUT2D eigenvalue weighted by molar-refractivity contribution is 8.00. The fourth-order valence-electron chi connectivity index (χ4n) is 3.42. The predicted octanol–water partition coefficient (Wildman–Crippen LogP) is 4.17. The number of nitrogens with zero attached hydrogens (tertiary/aromatic N) is 3. The van der Waals surface area contributed by atoms with Crippen molar-refractivity contribution >= 4 is 28.4 Å². The Morgan fingerprint density at radius 1 is 1.17 bits per heavy atom. The maximum atomic E-state index is 13.3. The van der Waals surface area contributed by atoms with Crippen LogP contribution in [0.1, 0.15) is 13.3 Å². The van der Waals surface area contributed by atoms with Gasteiger partial charge < -0.3 is 9.64 Å². The van der Waals surface area contributed by atoms with Crippen LogP contribution in [0.25, 0.3) is 22.0 Å². The summed E-state index contributed by atoms with van der Waals surface area (Å²) in [4.78, 5) is 14.5. The summed E-state index contributed by atoms with van der Waals surface area (Å²) in [6.07, 6.45) is 1.02. The summed E-state index contributed by atoms with van der Waals surface area (Å²) in [5.41, 5.74) is 1.51. The number of hydrogen-bond acceptors (Lipinski definition) is 5. The standard InChI is InChI=1S/C22H22FN3O2S/c1-2-17-13-26(11-12-28-17)20(27)14-29-22-19-6-4-3-5-18(19)21(24-25-22)15-7-9-16(23)10-8-15/h3-10,17H,2,11-14H2,1H3. The van der Waals surface area contributed by atoms with Gasteiger partial charge in [0.15, 0.2) is 0 Å². The molecular weight excluding hydrogens is 389 g/mol. The van der Waals surface area contributed by atoms with Crippen LogP contribution in [0.15, 0.2) is 53.6 Å². The second-order valence-electron chi connectivity index (χ2n) is 6.94. The number of benzene rings is 2. The summed E-state index contributed by atoms with van der Waals surface area (Å²) in [6, 6.07) is 14.1. The van der Waals surface area contributed by atoms with Gasteiger partial charge in [0.05, 0.1) is 18.5 Å². The third-order valence-corrected chi connectivity index (χ3v) is 6.02. The Morgan fingerprint density at radius 2 is 1.93 bits per heavy atom. The molecule has 7 heteroatoms. The average Bonchev–Trinajstić information content (AvgIpc) is 2.78. The first kappa shape index (κ1) is 19.8. The molecular formula is C22H22FN3O2S. The van der Waals surface area contributed by atoms with Gasteiger partial charge in [-0.05, 0) is 30.7 Å². The number of carbonyl (C=O) groups is 1. The van der Waals surface area contributed by atoms with Gasteiger partial charge in [-0.1, -0.05) is 43.0 Å². The second kappa shape index (κ2) is 8.88. The zero-order valence-electron chi connectivity index (χ0n) is 16.2. The van der Waals surface area contributed by atoms with Crippen LogP contribution in [0.4, 0.5) is 4.39 Å². The molecule has 5 nitrogen and oxygen atoms in total. The van der Waals surface area contributed by atoms with E-state index in [9.17, 15) is 9.18 Å². The molecule has 3 aromatic rings. The number of aromatic nitrogens is 2. The lowest BCUT2D eigenvalue weighted by molar-refractivity contribution is -0.135. The van der Waals surface area contributed by atoms with Gasteiger partial charge in [-0.15, -0.1) is 10.2 Å². The molecule has 2 heterocycles. The van der Waals surface area contributed by atoms with Crippen molar-refractivity contribution in [2.45, 2.75) is 24.5 Å². The lowest BCUT2D eigenvalue weighted by atomic mass is 10.1. The smallest absolute Gasteiger partial charge is 0.233 e. The van der Waals surface area contributed by atoms with Gasteiger partial charge in [-0.2, -0.15) is 0 Å². The van der Waals surface area contributed by atoms with Crippen LogP contribution in [-0.2, 0) is 9.53 Å². The van der Waals surface area contributed by atoms with Crippen molar-refractivity contribution in [2.24, 2.45) is 0 Å². The van der Waals surface area contributed by atoms with Crippen molar-refractivity contribution in [3.8, 4) is 11.3 Å². The Morgan fingerprint density at radius 3 is 2.69 bits per heavy atom. The summed E-state index contributed by atoms with van der Waals surface area (Å²) in [5, 5.41) is 11.4. The molecule has 1 fully saturated rings. The fourth-order valence-corrected chi connectivity index (χ4v) is 4.30. The lowest BCUT2D eigenvalue weighted by Crippen LogP contribution is -2.46. The van der Waals surface area contributed by atoms with Crippen LogP contribution in [-0.4, -0.2) is 52.6 Å². The predicted molar refractivity (Wildman–Crippen MR) is 112 cm³/mol. The van der Waals surface area contributed by atoms with E-state index in [1.807, 2.05) is 29.2 Å². The van der Waals surface area contributed by atoms with Crippen LogP contribution in [0.5, 0.6) is 0 Å². The van der Waals surface area contributed by atoms with Crippen molar-refractivity contribution in [3.05, 3.63) is 54.3 Å². The molecule has 0 aliphatic carbocycles. The largest absolute Gasteiger partial charge is 0.375 e. The van der Waals surface area contributed by atoms with Gasteiger partial charge in [-0.25, -0.2) is 4.39 Å². The van der Waals surface area contributed by atoms with E-state index in [0.29, 0.717) is 31.1 Å². The number of ether oxygens (including phenoxy) is 1. The summed E-state index contributed by atoms with van der Waals surface area (Å²) in [5.74, 6) is 0.112. The van der Waals surface area contributed by atoms with Crippen molar-refractivity contribution in [1.29, 1.82) is 0 Å². The Labute approximate surface area is 173 Å². The topological polar surface area (TPSA) is 55.3 Å². The van der Waals surface area contributed by atoms with Gasteiger partial charge in [0.25, 0.3) is 0 Å². The van der Waals surface area contributed by atoms with Crippen molar-refractivity contribution in [1.82, 2.24) is 15.1 Å². The van der Waals surface area contributed by atoms with E-state index < -0.39 is 0 Å². The molecule has 0 radical (unpaired) electrons. The van der Waals surface area contributed by atoms with Gasteiger partial charge in [0.2, 0.25) is 5.91 Å². The zero-order valence-corrected chi connectivity index (χ0v) is 17.0. The van der Waals surface area contributed by atoms with Gasteiger partial charge in [0, 0.05) is 29.4 Å². The molecule has 0 N–H and O–H groups in total. The highest BCUT2D eigenvalue weighted by atomic mass is 32.2. The number of amides is 1. The van der Waals surface area contributed by atoms with E-state index >= 15 is 0 Å². The number of thioether (sulfide) groups is 1. The molecule has 1 unspecified atom stereocenters. The van der Waals surface area contributed by atoms with Crippen LogP contribution in [0.3, 0.4) is 0 Å². The van der Waals surface area contributed by atoms with Crippen LogP contribution >= 0.6 is 11.8 Å². The Bertz CT molecular complexity index is 1010. The average molecular weight is 412 g/mol. The third kappa shape index (κ3) is 4.41. The minimum Gasteiger partial charge on any atom is -0.375 e. The molecule has 2 aromatic carbocycles. The molecule has 1 aliphatic heterocycles. The summed E-state index contributed by atoms with van der Waals surface area (Å²) >= 11 is 1.40. The zero-order chi connectivity index (χ0) is 20.2. The summed E-state index contributed by atoms with van der Waals surface area (Å²) < 4.78 is 18.9. The van der Waals surface area contributed by atoms with Crippen LogP contribution in [0.2, 0.25) is 0 Å². The number of hydrogen-bond donors (Lipinski definition) is 0. The molecule has 1 amide bonds. The first-order valence-electron chi connectivity index (χ1n) is 9.69.